The van der Waals surface area contributed by atoms with E-state index in [2.05, 4.69) is 25.9 Å². The molecule has 1 heterocycles. The number of hydrogen-bond donors (Lipinski definition) is 0. The largest absolute Gasteiger partial charge is 0.244 e. The van der Waals surface area contributed by atoms with Crippen molar-refractivity contribution < 1.29 is 0 Å². The fraction of sp³-hybridized carbons (Fsp3) is 0. The molecule has 0 atom stereocenters. The van der Waals surface area contributed by atoms with Crippen LogP contribution >= 0.6 is 15.9 Å². The molecule has 3 heteroatoms. The molecule has 0 aliphatic heterocycles. The van der Waals surface area contributed by atoms with Gasteiger partial charge in [-0.1, -0.05) is 22.0 Å². The Morgan fingerprint density at radius 2 is 2.18 bits per heavy atom. The molecule has 2 rings (SSSR count). The lowest BCUT2D eigenvalue weighted by Gasteiger charge is -1.95. The molecule has 0 bridgehead atoms. The Morgan fingerprint density at radius 3 is 3.00 bits per heavy atom. The van der Waals surface area contributed by atoms with Crippen LogP contribution in [0.2, 0.25) is 0 Å². The molecule has 0 N–H and O–H groups in total. The van der Waals surface area contributed by atoms with Crippen LogP contribution < -0.4 is 0 Å². The number of aromatic nitrogens is 2. The van der Waals surface area contributed by atoms with Gasteiger partial charge in [0.25, 0.3) is 0 Å². The minimum Gasteiger partial charge on any atom is -0.244 e. The maximum absolute atomic E-state index is 4.10. The third kappa shape index (κ3) is 1.12. The first-order valence-electron chi connectivity index (χ1n) is 3.22. The van der Waals surface area contributed by atoms with Crippen LogP contribution in [-0.4, -0.2) is 9.97 Å². The normalized spacial score (nSPS) is 10.3. The molecule has 0 aliphatic carbocycles. The van der Waals surface area contributed by atoms with E-state index < -0.39 is 0 Å². The summed E-state index contributed by atoms with van der Waals surface area (Å²) >= 11 is 3.42. The summed E-state index contributed by atoms with van der Waals surface area (Å²) in [5, 5.41) is 1.05. The lowest BCUT2D eigenvalue weighted by Crippen LogP contribution is -1.80. The molecule has 11 heavy (non-hydrogen) atoms. The lowest BCUT2D eigenvalue weighted by atomic mass is 10.2. The summed E-state index contributed by atoms with van der Waals surface area (Å²) in [6.07, 6.45) is 3.35. The second kappa shape index (κ2) is 2.58. The first-order chi connectivity index (χ1) is 5.38. The number of fused-ring (bicyclic) bond motifs is 1. The van der Waals surface area contributed by atoms with Gasteiger partial charge in [0.05, 0.1) is 5.52 Å². The van der Waals surface area contributed by atoms with Gasteiger partial charge in [0.15, 0.2) is 0 Å². The zero-order valence-electron chi connectivity index (χ0n) is 5.66. The van der Waals surface area contributed by atoms with E-state index in [1.807, 2.05) is 18.2 Å². The van der Waals surface area contributed by atoms with Gasteiger partial charge in [0.1, 0.15) is 6.33 Å². The standard InChI is InChI=1S/C8H5BrN2/c9-7-2-1-3-8-6(7)4-10-5-11-8/h1-5H. The van der Waals surface area contributed by atoms with E-state index in [0.717, 1.165) is 15.4 Å². The van der Waals surface area contributed by atoms with E-state index in [4.69, 9.17) is 0 Å². The highest BCUT2D eigenvalue weighted by atomic mass is 79.9. The minimum absolute atomic E-state index is 0.967. The summed E-state index contributed by atoms with van der Waals surface area (Å²) in [6.45, 7) is 0. The van der Waals surface area contributed by atoms with E-state index in [-0.39, 0.29) is 0 Å². The molecule has 0 fully saturated rings. The Morgan fingerprint density at radius 1 is 1.27 bits per heavy atom. The molecular weight excluding hydrogens is 204 g/mol. The summed E-state index contributed by atoms with van der Waals surface area (Å²) in [6, 6.07) is 5.90. The average Bonchev–Trinajstić information content (AvgIpc) is 2.06. The van der Waals surface area contributed by atoms with Crippen molar-refractivity contribution in [1.82, 2.24) is 9.97 Å². The van der Waals surface area contributed by atoms with Gasteiger partial charge < -0.3 is 0 Å². The molecule has 0 unspecified atom stereocenters. The minimum atomic E-state index is 0.967. The molecule has 1 aromatic carbocycles. The lowest BCUT2D eigenvalue weighted by molar-refractivity contribution is 1.22. The highest BCUT2D eigenvalue weighted by Crippen LogP contribution is 2.20. The van der Waals surface area contributed by atoms with Gasteiger partial charge in [0, 0.05) is 16.1 Å². The van der Waals surface area contributed by atoms with Gasteiger partial charge in [-0.3, -0.25) is 0 Å². The van der Waals surface area contributed by atoms with Crippen LogP contribution in [0.15, 0.2) is 35.2 Å². The van der Waals surface area contributed by atoms with Gasteiger partial charge in [-0.05, 0) is 12.1 Å². The van der Waals surface area contributed by atoms with Gasteiger partial charge in [-0.25, -0.2) is 9.97 Å². The molecule has 0 saturated heterocycles. The van der Waals surface area contributed by atoms with Crippen LogP contribution in [0.5, 0.6) is 0 Å². The summed E-state index contributed by atoms with van der Waals surface area (Å²) in [4.78, 5) is 8.03. The van der Waals surface area contributed by atoms with Crippen molar-refractivity contribution in [2.75, 3.05) is 0 Å². The molecule has 0 aliphatic rings. The summed E-state index contributed by atoms with van der Waals surface area (Å²) in [5.74, 6) is 0. The van der Waals surface area contributed by atoms with Crippen LogP contribution in [0.3, 0.4) is 0 Å². The fourth-order valence-corrected chi connectivity index (χ4v) is 1.43. The van der Waals surface area contributed by atoms with Crippen molar-refractivity contribution in [3.63, 3.8) is 0 Å². The van der Waals surface area contributed by atoms with Crippen molar-refractivity contribution in [1.29, 1.82) is 0 Å². The molecule has 1 aromatic heterocycles. The van der Waals surface area contributed by atoms with Crippen LogP contribution in [0.1, 0.15) is 0 Å². The second-order valence-corrected chi connectivity index (χ2v) is 3.05. The van der Waals surface area contributed by atoms with E-state index >= 15 is 0 Å². The highest BCUT2D eigenvalue weighted by Gasteiger charge is 1.95. The monoisotopic (exact) mass is 208 g/mol. The average molecular weight is 209 g/mol. The molecule has 2 nitrogen and oxygen atoms in total. The van der Waals surface area contributed by atoms with Gasteiger partial charge in [-0.2, -0.15) is 0 Å². The summed E-state index contributed by atoms with van der Waals surface area (Å²) in [5.41, 5.74) is 0.967. The Labute approximate surface area is 72.4 Å². The van der Waals surface area contributed by atoms with E-state index in [1.54, 1.807) is 12.5 Å². The van der Waals surface area contributed by atoms with Crippen LogP contribution in [-0.2, 0) is 0 Å². The summed E-state index contributed by atoms with van der Waals surface area (Å²) < 4.78 is 1.04. The molecule has 0 amide bonds. The van der Waals surface area contributed by atoms with Gasteiger partial charge in [-0.15, -0.1) is 0 Å². The van der Waals surface area contributed by atoms with E-state index in [9.17, 15) is 0 Å². The molecular formula is C8H5BrN2. The highest BCUT2D eigenvalue weighted by molar-refractivity contribution is 9.10. The SMILES string of the molecule is Brc1cccc2ncncc12. The number of hydrogen-bond acceptors (Lipinski definition) is 2. The number of halogens is 1. The molecule has 2 aromatic rings. The Kier molecular flexibility index (Phi) is 1.58. The molecule has 0 saturated carbocycles. The van der Waals surface area contributed by atoms with Crippen molar-refractivity contribution in [3.8, 4) is 0 Å². The number of nitrogens with zero attached hydrogens (tertiary/aromatic N) is 2. The Balaban J connectivity index is 2.91. The molecule has 0 radical (unpaired) electrons. The Hall–Kier alpha value is -0.960. The van der Waals surface area contributed by atoms with Crippen LogP contribution in [0.4, 0.5) is 0 Å². The van der Waals surface area contributed by atoms with Crippen molar-refractivity contribution >= 4 is 26.8 Å². The van der Waals surface area contributed by atoms with Crippen LogP contribution in [0.25, 0.3) is 10.9 Å². The maximum Gasteiger partial charge on any atom is 0.116 e. The third-order valence-electron chi connectivity index (χ3n) is 1.50. The van der Waals surface area contributed by atoms with Crippen molar-refractivity contribution in [3.05, 3.63) is 35.2 Å². The molecule has 0 spiro atoms. The third-order valence-corrected chi connectivity index (χ3v) is 2.19. The first-order valence-corrected chi connectivity index (χ1v) is 4.01. The van der Waals surface area contributed by atoms with E-state index in [0.29, 0.717) is 0 Å². The predicted molar refractivity (Wildman–Crippen MR) is 47.2 cm³/mol. The smallest absolute Gasteiger partial charge is 0.116 e. The van der Waals surface area contributed by atoms with E-state index in [1.165, 1.54) is 0 Å². The Bertz CT molecular complexity index is 381. The first kappa shape index (κ1) is 6.73. The second-order valence-electron chi connectivity index (χ2n) is 2.20. The zero-order chi connectivity index (χ0) is 7.68. The quantitative estimate of drug-likeness (QED) is 0.665. The fourth-order valence-electron chi connectivity index (χ4n) is 0.969. The van der Waals surface area contributed by atoms with Gasteiger partial charge >= 0.3 is 0 Å². The summed E-state index contributed by atoms with van der Waals surface area (Å²) in [7, 11) is 0. The zero-order valence-corrected chi connectivity index (χ0v) is 7.25. The van der Waals surface area contributed by atoms with Gasteiger partial charge in [0.2, 0.25) is 0 Å². The topological polar surface area (TPSA) is 25.8 Å². The number of benzene rings is 1. The maximum atomic E-state index is 4.10. The van der Waals surface area contributed by atoms with Crippen molar-refractivity contribution in [2.24, 2.45) is 0 Å². The predicted octanol–water partition coefficient (Wildman–Crippen LogP) is 2.39. The van der Waals surface area contributed by atoms with Crippen molar-refractivity contribution in [2.45, 2.75) is 0 Å². The molecule has 54 valence electrons. The number of rotatable bonds is 0. The van der Waals surface area contributed by atoms with Crippen LogP contribution in [0, 0.1) is 0 Å².